The number of esters is 1. The molecule has 2 N–H and O–H groups in total. The van der Waals surface area contributed by atoms with Crippen molar-refractivity contribution in [3.8, 4) is 17.6 Å². The molecular weight excluding hydrogens is 380 g/mol. The standard InChI is InChI=1S/C21H13ClN2O4/c22-13-5-3-12(4-6-13)21(25)27-14-7-8-15-18(10-14)28-20(24)16(11-23)19(15)17-2-1-9-26-17/h1-10,19H,24H2. The van der Waals surface area contributed by atoms with E-state index in [2.05, 4.69) is 6.07 Å². The van der Waals surface area contributed by atoms with E-state index in [0.29, 0.717) is 27.7 Å². The van der Waals surface area contributed by atoms with Crippen molar-refractivity contribution in [2.45, 2.75) is 5.92 Å². The van der Waals surface area contributed by atoms with Crippen LogP contribution in [0, 0.1) is 11.3 Å². The molecule has 0 bridgehead atoms. The summed E-state index contributed by atoms with van der Waals surface area (Å²) < 4.78 is 16.5. The van der Waals surface area contributed by atoms with E-state index in [-0.39, 0.29) is 17.2 Å². The van der Waals surface area contributed by atoms with E-state index in [9.17, 15) is 10.1 Å². The quantitative estimate of drug-likeness (QED) is 0.525. The van der Waals surface area contributed by atoms with Gasteiger partial charge in [0.05, 0.1) is 17.7 Å². The average Bonchev–Trinajstić information content (AvgIpc) is 3.21. The highest BCUT2D eigenvalue weighted by Crippen LogP contribution is 2.43. The zero-order valence-electron chi connectivity index (χ0n) is 14.4. The summed E-state index contributed by atoms with van der Waals surface area (Å²) in [5.74, 6) is 0.193. The van der Waals surface area contributed by atoms with Gasteiger partial charge in [-0.05, 0) is 42.5 Å². The smallest absolute Gasteiger partial charge is 0.343 e. The number of nitrogens with zero attached hydrogens (tertiary/aromatic N) is 1. The molecule has 0 fully saturated rings. The van der Waals surface area contributed by atoms with Gasteiger partial charge >= 0.3 is 5.97 Å². The lowest BCUT2D eigenvalue weighted by molar-refractivity contribution is 0.0734. The monoisotopic (exact) mass is 392 g/mol. The van der Waals surface area contributed by atoms with Gasteiger partial charge in [0.2, 0.25) is 5.88 Å². The van der Waals surface area contributed by atoms with Gasteiger partial charge in [-0.15, -0.1) is 0 Å². The Bertz CT molecular complexity index is 1110. The Morgan fingerprint density at radius 1 is 1.18 bits per heavy atom. The van der Waals surface area contributed by atoms with Gasteiger partial charge in [0, 0.05) is 16.7 Å². The minimum absolute atomic E-state index is 0.0161. The van der Waals surface area contributed by atoms with Crippen LogP contribution in [0.3, 0.4) is 0 Å². The summed E-state index contributed by atoms with van der Waals surface area (Å²) in [6, 6.07) is 16.8. The molecule has 3 aromatic rings. The molecule has 0 radical (unpaired) electrons. The topological polar surface area (TPSA) is 98.5 Å². The summed E-state index contributed by atoms with van der Waals surface area (Å²) in [4.78, 5) is 12.3. The number of furan rings is 1. The molecule has 1 aliphatic rings. The maximum Gasteiger partial charge on any atom is 0.343 e. The van der Waals surface area contributed by atoms with Crippen LogP contribution < -0.4 is 15.2 Å². The molecule has 0 saturated heterocycles. The van der Waals surface area contributed by atoms with Crippen LogP contribution >= 0.6 is 11.6 Å². The van der Waals surface area contributed by atoms with Crippen LogP contribution in [0.25, 0.3) is 0 Å². The third kappa shape index (κ3) is 3.20. The number of hydrogen-bond acceptors (Lipinski definition) is 6. The van der Waals surface area contributed by atoms with E-state index in [1.54, 1.807) is 54.6 Å². The Hall–Kier alpha value is -3.69. The van der Waals surface area contributed by atoms with Crippen LogP contribution in [0.2, 0.25) is 5.02 Å². The van der Waals surface area contributed by atoms with Crippen molar-refractivity contribution in [3.05, 3.63) is 94.2 Å². The summed E-state index contributed by atoms with van der Waals surface area (Å²) in [7, 11) is 0. The number of nitrogens with two attached hydrogens (primary N) is 1. The molecule has 0 aliphatic carbocycles. The molecule has 0 amide bonds. The number of nitriles is 1. The second-order valence-electron chi connectivity index (χ2n) is 6.04. The maximum atomic E-state index is 12.3. The fourth-order valence-electron chi connectivity index (χ4n) is 3.00. The van der Waals surface area contributed by atoms with E-state index in [1.165, 1.54) is 6.26 Å². The lowest BCUT2D eigenvalue weighted by Gasteiger charge is -2.25. The molecule has 138 valence electrons. The van der Waals surface area contributed by atoms with Crippen LogP contribution in [-0.4, -0.2) is 5.97 Å². The number of carbonyl (C=O) groups excluding carboxylic acids is 1. The number of ether oxygens (including phenoxy) is 2. The third-order valence-corrected chi connectivity index (χ3v) is 4.56. The Morgan fingerprint density at radius 2 is 1.96 bits per heavy atom. The molecule has 1 aliphatic heterocycles. The summed E-state index contributed by atoms with van der Waals surface area (Å²) >= 11 is 5.83. The lowest BCUT2D eigenvalue weighted by Crippen LogP contribution is -2.21. The molecule has 7 heteroatoms. The summed E-state index contributed by atoms with van der Waals surface area (Å²) in [6.45, 7) is 0. The lowest BCUT2D eigenvalue weighted by atomic mass is 9.87. The molecule has 2 heterocycles. The number of rotatable bonds is 3. The number of allylic oxidation sites excluding steroid dienone is 1. The summed E-state index contributed by atoms with van der Waals surface area (Å²) in [6.07, 6.45) is 1.53. The van der Waals surface area contributed by atoms with Crippen molar-refractivity contribution in [2.75, 3.05) is 0 Å². The van der Waals surface area contributed by atoms with Crippen molar-refractivity contribution in [1.29, 1.82) is 5.26 Å². The molecule has 28 heavy (non-hydrogen) atoms. The third-order valence-electron chi connectivity index (χ3n) is 4.31. The molecule has 1 atom stereocenters. The Kier molecular flexibility index (Phi) is 4.52. The van der Waals surface area contributed by atoms with Crippen molar-refractivity contribution in [2.24, 2.45) is 5.73 Å². The van der Waals surface area contributed by atoms with Crippen molar-refractivity contribution in [3.63, 3.8) is 0 Å². The number of carbonyl (C=O) groups is 1. The van der Waals surface area contributed by atoms with Gasteiger partial charge in [0.25, 0.3) is 0 Å². The van der Waals surface area contributed by atoms with Crippen molar-refractivity contribution in [1.82, 2.24) is 0 Å². The van der Waals surface area contributed by atoms with Crippen LogP contribution in [-0.2, 0) is 0 Å². The minimum atomic E-state index is -0.531. The summed E-state index contributed by atoms with van der Waals surface area (Å²) in [5.41, 5.74) is 7.24. The van der Waals surface area contributed by atoms with Gasteiger partial charge < -0.3 is 19.6 Å². The molecule has 1 aromatic heterocycles. The van der Waals surface area contributed by atoms with E-state index in [1.807, 2.05) is 0 Å². The van der Waals surface area contributed by atoms with Gasteiger partial charge in [-0.2, -0.15) is 5.26 Å². The second-order valence-corrected chi connectivity index (χ2v) is 6.47. The SMILES string of the molecule is N#CC1=C(N)Oc2cc(OC(=O)c3ccc(Cl)cc3)ccc2C1c1ccco1. The van der Waals surface area contributed by atoms with Gasteiger partial charge in [-0.1, -0.05) is 17.7 Å². The van der Waals surface area contributed by atoms with Gasteiger partial charge in [-0.3, -0.25) is 0 Å². The Labute approximate surface area is 165 Å². The van der Waals surface area contributed by atoms with E-state index < -0.39 is 11.9 Å². The molecule has 2 aromatic carbocycles. The minimum Gasteiger partial charge on any atom is -0.468 e. The molecule has 6 nitrogen and oxygen atoms in total. The van der Waals surface area contributed by atoms with Crippen LogP contribution in [0.1, 0.15) is 27.6 Å². The highest BCUT2D eigenvalue weighted by molar-refractivity contribution is 6.30. The second kappa shape index (κ2) is 7.14. The fourth-order valence-corrected chi connectivity index (χ4v) is 3.12. The van der Waals surface area contributed by atoms with E-state index in [4.69, 9.17) is 31.2 Å². The first-order valence-corrected chi connectivity index (χ1v) is 8.67. The first kappa shape index (κ1) is 17.7. The fraction of sp³-hybridized carbons (Fsp3) is 0.0476. The predicted molar refractivity (Wildman–Crippen MR) is 101 cm³/mol. The molecule has 4 rings (SSSR count). The molecule has 1 unspecified atom stereocenters. The van der Waals surface area contributed by atoms with Crippen LogP contribution in [0.5, 0.6) is 11.5 Å². The highest BCUT2D eigenvalue weighted by Gasteiger charge is 2.32. The number of fused-ring (bicyclic) bond motifs is 1. The van der Waals surface area contributed by atoms with E-state index in [0.717, 1.165) is 0 Å². The zero-order chi connectivity index (χ0) is 19.7. The highest BCUT2D eigenvalue weighted by atomic mass is 35.5. The van der Waals surface area contributed by atoms with E-state index >= 15 is 0 Å². The largest absolute Gasteiger partial charge is 0.468 e. The Balaban J connectivity index is 1.66. The maximum absolute atomic E-state index is 12.3. The molecular formula is C21H13ClN2O4. The normalized spacial score (nSPS) is 15.4. The first-order valence-electron chi connectivity index (χ1n) is 8.29. The number of hydrogen-bond donors (Lipinski definition) is 1. The molecule has 0 spiro atoms. The summed E-state index contributed by atoms with van der Waals surface area (Å²) in [5, 5.41) is 10.0. The Morgan fingerprint density at radius 3 is 2.64 bits per heavy atom. The first-order chi connectivity index (χ1) is 13.6. The van der Waals surface area contributed by atoms with Crippen molar-refractivity contribution < 1.29 is 18.7 Å². The zero-order valence-corrected chi connectivity index (χ0v) is 15.1. The van der Waals surface area contributed by atoms with Gasteiger partial charge in [-0.25, -0.2) is 4.79 Å². The number of benzene rings is 2. The number of halogens is 1. The van der Waals surface area contributed by atoms with Gasteiger partial charge in [0.1, 0.15) is 28.9 Å². The van der Waals surface area contributed by atoms with Crippen molar-refractivity contribution >= 4 is 17.6 Å². The predicted octanol–water partition coefficient (Wildman–Crippen LogP) is 4.37. The van der Waals surface area contributed by atoms with Gasteiger partial charge in [0.15, 0.2) is 0 Å². The van der Waals surface area contributed by atoms with Crippen LogP contribution in [0.15, 0.2) is 76.7 Å². The average molecular weight is 393 g/mol. The molecule has 0 saturated carbocycles. The van der Waals surface area contributed by atoms with Crippen LogP contribution in [0.4, 0.5) is 0 Å².